The van der Waals surface area contributed by atoms with E-state index >= 15 is 0 Å². The topological polar surface area (TPSA) is 97.4 Å². The summed E-state index contributed by atoms with van der Waals surface area (Å²) in [6.45, 7) is 1.89. The monoisotopic (exact) mass is 300 g/mol. The fourth-order valence-electron chi connectivity index (χ4n) is 1.58. The highest BCUT2D eigenvalue weighted by Crippen LogP contribution is 2.26. The van der Waals surface area contributed by atoms with Crippen LogP contribution >= 0.6 is 0 Å². The van der Waals surface area contributed by atoms with Gasteiger partial charge in [0.15, 0.2) is 0 Å². The summed E-state index contributed by atoms with van der Waals surface area (Å²) in [5, 5.41) is 0. The number of hydrogen-bond acceptors (Lipinski definition) is 8. The zero-order valence-electron chi connectivity index (χ0n) is 12.1. The van der Waals surface area contributed by atoms with Gasteiger partial charge >= 0.3 is 17.9 Å². The molecule has 0 radical (unpaired) electrons. The maximum atomic E-state index is 11.7. The first-order valence-electron chi connectivity index (χ1n) is 5.99. The van der Waals surface area contributed by atoms with Gasteiger partial charge in [-0.3, -0.25) is 0 Å². The SMILES string of the molecule is CCOC1OC(C(=O)OC)=C(C(=O)OC)C=C1C(=O)OC. The van der Waals surface area contributed by atoms with Gasteiger partial charge in [0.2, 0.25) is 12.0 Å². The minimum Gasteiger partial charge on any atom is -0.465 e. The van der Waals surface area contributed by atoms with Gasteiger partial charge in [-0.05, 0) is 13.0 Å². The van der Waals surface area contributed by atoms with E-state index in [-0.39, 0.29) is 17.8 Å². The summed E-state index contributed by atoms with van der Waals surface area (Å²) in [5.41, 5.74) is -0.312. The van der Waals surface area contributed by atoms with Gasteiger partial charge in [0.25, 0.3) is 0 Å². The van der Waals surface area contributed by atoms with Crippen molar-refractivity contribution in [1.82, 2.24) is 0 Å². The van der Waals surface area contributed by atoms with E-state index in [2.05, 4.69) is 14.2 Å². The van der Waals surface area contributed by atoms with Crippen LogP contribution in [0.1, 0.15) is 6.92 Å². The van der Waals surface area contributed by atoms with Crippen molar-refractivity contribution in [2.75, 3.05) is 27.9 Å². The summed E-state index contributed by atoms with van der Waals surface area (Å²) in [5.74, 6) is -2.89. The quantitative estimate of drug-likeness (QED) is 0.520. The molecule has 0 aromatic heterocycles. The molecule has 0 N–H and O–H groups in total. The summed E-state index contributed by atoms with van der Waals surface area (Å²) in [7, 11) is 3.43. The number of ether oxygens (including phenoxy) is 5. The van der Waals surface area contributed by atoms with Crippen molar-refractivity contribution in [3.8, 4) is 0 Å². The van der Waals surface area contributed by atoms with Crippen LogP contribution in [0.25, 0.3) is 0 Å². The molecule has 1 heterocycles. The van der Waals surface area contributed by atoms with E-state index in [1.807, 2.05) is 0 Å². The molecule has 8 heteroatoms. The molecule has 0 saturated carbocycles. The van der Waals surface area contributed by atoms with E-state index in [0.717, 1.165) is 20.3 Å². The number of methoxy groups -OCH3 is 3. The molecule has 0 aliphatic carbocycles. The standard InChI is InChI=1S/C13H16O8/c1-5-20-13-8(11(15)18-3)6-7(10(14)17-2)9(21-13)12(16)19-4/h6,13H,5H2,1-4H3. The Bertz CT molecular complexity index is 502. The van der Waals surface area contributed by atoms with Crippen LogP contribution in [0.3, 0.4) is 0 Å². The number of carbonyl (C=O) groups excluding carboxylic acids is 3. The predicted molar refractivity (Wildman–Crippen MR) is 67.7 cm³/mol. The van der Waals surface area contributed by atoms with Crippen LogP contribution < -0.4 is 0 Å². The molecule has 1 atom stereocenters. The molecule has 1 aliphatic rings. The fraction of sp³-hybridized carbons (Fsp3) is 0.462. The second-order valence-electron chi connectivity index (χ2n) is 3.72. The van der Waals surface area contributed by atoms with E-state index in [4.69, 9.17) is 9.47 Å². The number of carbonyl (C=O) groups is 3. The van der Waals surface area contributed by atoms with Crippen molar-refractivity contribution in [3.05, 3.63) is 23.0 Å². The summed E-state index contributed by atoms with van der Waals surface area (Å²) in [6, 6.07) is 0. The first-order chi connectivity index (χ1) is 9.99. The highest BCUT2D eigenvalue weighted by Gasteiger charge is 2.36. The average Bonchev–Trinajstić information content (AvgIpc) is 2.52. The molecular weight excluding hydrogens is 284 g/mol. The molecule has 116 valence electrons. The van der Waals surface area contributed by atoms with Gasteiger partial charge in [-0.1, -0.05) is 0 Å². The predicted octanol–water partition coefficient (Wildman–Crippen LogP) is 0.0787. The average molecular weight is 300 g/mol. The van der Waals surface area contributed by atoms with E-state index in [0.29, 0.717) is 0 Å². The molecule has 0 bridgehead atoms. The Balaban J connectivity index is 3.35. The van der Waals surface area contributed by atoms with Crippen LogP contribution in [0.2, 0.25) is 0 Å². The third-order valence-corrected chi connectivity index (χ3v) is 2.54. The van der Waals surface area contributed by atoms with Gasteiger partial charge in [0.1, 0.15) is 11.1 Å². The normalized spacial score (nSPS) is 17.5. The zero-order valence-corrected chi connectivity index (χ0v) is 12.1. The Morgan fingerprint density at radius 3 is 2.10 bits per heavy atom. The van der Waals surface area contributed by atoms with Crippen LogP contribution in [0, 0.1) is 0 Å². The highest BCUT2D eigenvalue weighted by molar-refractivity contribution is 6.04. The van der Waals surface area contributed by atoms with Crippen LogP contribution in [0.15, 0.2) is 23.0 Å². The largest absolute Gasteiger partial charge is 0.465 e. The molecule has 21 heavy (non-hydrogen) atoms. The van der Waals surface area contributed by atoms with Crippen LogP contribution in [0.5, 0.6) is 0 Å². The Morgan fingerprint density at radius 1 is 1.05 bits per heavy atom. The summed E-state index contributed by atoms with van der Waals surface area (Å²) in [6.07, 6.45) is -0.0433. The van der Waals surface area contributed by atoms with Crippen molar-refractivity contribution in [1.29, 1.82) is 0 Å². The molecular formula is C13H16O8. The lowest BCUT2D eigenvalue weighted by Crippen LogP contribution is -2.32. The molecule has 0 saturated heterocycles. The van der Waals surface area contributed by atoms with E-state index in [9.17, 15) is 14.4 Å². The molecule has 8 nitrogen and oxygen atoms in total. The van der Waals surface area contributed by atoms with Gasteiger partial charge < -0.3 is 23.7 Å². The second kappa shape index (κ2) is 7.44. The Labute approximate surface area is 121 Å². The van der Waals surface area contributed by atoms with Crippen LogP contribution in [-0.2, 0) is 38.1 Å². The summed E-state index contributed by atoms with van der Waals surface area (Å²) < 4.78 is 24.2. The van der Waals surface area contributed by atoms with Crippen molar-refractivity contribution in [3.63, 3.8) is 0 Å². The van der Waals surface area contributed by atoms with Gasteiger partial charge in [-0.2, -0.15) is 0 Å². The van der Waals surface area contributed by atoms with Crippen molar-refractivity contribution in [2.45, 2.75) is 13.2 Å². The van der Waals surface area contributed by atoms with Crippen molar-refractivity contribution in [2.24, 2.45) is 0 Å². The van der Waals surface area contributed by atoms with Crippen molar-refractivity contribution >= 4 is 17.9 Å². The van der Waals surface area contributed by atoms with Gasteiger partial charge in [-0.25, -0.2) is 14.4 Å². The lowest BCUT2D eigenvalue weighted by Gasteiger charge is -2.25. The minimum atomic E-state index is -1.18. The first-order valence-corrected chi connectivity index (χ1v) is 5.99. The second-order valence-corrected chi connectivity index (χ2v) is 3.72. The maximum absolute atomic E-state index is 11.7. The maximum Gasteiger partial charge on any atom is 0.374 e. The van der Waals surface area contributed by atoms with Gasteiger partial charge in [0.05, 0.1) is 21.3 Å². The van der Waals surface area contributed by atoms with Crippen LogP contribution in [0.4, 0.5) is 0 Å². The molecule has 1 aliphatic heterocycles. The molecule has 0 amide bonds. The van der Waals surface area contributed by atoms with E-state index in [1.165, 1.54) is 7.11 Å². The number of esters is 3. The Morgan fingerprint density at radius 2 is 1.62 bits per heavy atom. The summed E-state index contributed by atoms with van der Waals surface area (Å²) in [4.78, 5) is 35.1. The lowest BCUT2D eigenvalue weighted by atomic mass is 10.1. The number of rotatable bonds is 5. The fourth-order valence-corrected chi connectivity index (χ4v) is 1.58. The van der Waals surface area contributed by atoms with E-state index in [1.54, 1.807) is 6.92 Å². The third-order valence-electron chi connectivity index (χ3n) is 2.54. The summed E-state index contributed by atoms with van der Waals surface area (Å²) >= 11 is 0. The highest BCUT2D eigenvalue weighted by atomic mass is 16.7. The Kier molecular flexibility index (Phi) is 5.92. The molecule has 0 aromatic rings. The molecule has 0 aromatic carbocycles. The lowest BCUT2D eigenvalue weighted by molar-refractivity contribution is -0.156. The smallest absolute Gasteiger partial charge is 0.374 e. The molecule has 0 spiro atoms. The van der Waals surface area contributed by atoms with Crippen molar-refractivity contribution < 1.29 is 38.1 Å². The zero-order chi connectivity index (χ0) is 16.0. The minimum absolute atomic E-state index is 0.0626. The van der Waals surface area contributed by atoms with Gasteiger partial charge in [-0.15, -0.1) is 0 Å². The molecule has 0 fully saturated rings. The van der Waals surface area contributed by atoms with E-state index < -0.39 is 30.0 Å². The number of hydrogen-bond donors (Lipinski definition) is 0. The first kappa shape index (κ1) is 16.7. The third kappa shape index (κ3) is 3.60. The molecule has 1 unspecified atom stereocenters. The Hall–Kier alpha value is -2.35. The van der Waals surface area contributed by atoms with Gasteiger partial charge in [0, 0.05) is 6.61 Å². The van der Waals surface area contributed by atoms with Crippen LogP contribution in [-0.4, -0.2) is 52.1 Å². The molecule has 1 rings (SSSR count).